The molecule has 72 valence electrons. The average molecular weight is 205 g/mol. The van der Waals surface area contributed by atoms with Crippen molar-refractivity contribution in [2.75, 3.05) is 26.4 Å². The summed E-state index contributed by atoms with van der Waals surface area (Å²) in [7, 11) is 0. The topological polar surface area (TPSA) is 140 Å². The predicted octanol–water partition coefficient (Wildman–Crippen LogP) is -1.55. The van der Waals surface area contributed by atoms with Crippen LogP contribution in [0.3, 0.4) is 0 Å². The second kappa shape index (κ2) is 31.4. The summed E-state index contributed by atoms with van der Waals surface area (Å²) in [5, 5.41) is 16.2. The molecule has 0 aromatic rings. The molecule has 0 spiro atoms. The first-order valence-corrected chi connectivity index (χ1v) is 2.21. The van der Waals surface area contributed by atoms with Gasteiger partial charge < -0.3 is 31.4 Å². The first-order chi connectivity index (χ1) is 3.41. The molecule has 0 aromatic carbocycles. The fourth-order valence-corrected chi connectivity index (χ4v) is 0.231. The van der Waals surface area contributed by atoms with Crippen molar-refractivity contribution in [3.05, 3.63) is 0 Å². The van der Waals surface area contributed by atoms with E-state index in [9.17, 15) is 0 Å². The van der Waals surface area contributed by atoms with Gasteiger partial charge in [-0.1, -0.05) is 0 Å². The number of rotatable bonds is 4. The molecule has 0 aliphatic heterocycles. The molecular formula is C4H13O6Ti-3. The summed E-state index contributed by atoms with van der Waals surface area (Å²) >= 11 is 0. The van der Waals surface area contributed by atoms with Crippen LogP contribution < -0.4 is 0 Å². The Balaban J connectivity index is -0.0000000300. The molecule has 0 saturated carbocycles. The van der Waals surface area contributed by atoms with Crippen molar-refractivity contribution >= 4 is 0 Å². The van der Waals surface area contributed by atoms with Crippen molar-refractivity contribution in [1.82, 2.24) is 0 Å². The van der Waals surface area contributed by atoms with E-state index in [2.05, 4.69) is 4.74 Å². The Morgan fingerprint density at radius 2 is 1.09 bits per heavy atom. The van der Waals surface area contributed by atoms with Gasteiger partial charge in [-0.15, -0.1) is 0 Å². The van der Waals surface area contributed by atoms with Crippen LogP contribution in [0.1, 0.15) is 0 Å². The van der Waals surface area contributed by atoms with Gasteiger partial charge in [0.25, 0.3) is 0 Å². The Bertz CT molecular complexity index is 33.8. The average Bonchev–Trinajstić information content (AvgIpc) is 1.69. The molecule has 0 unspecified atom stereocenters. The molecule has 0 fully saturated rings. The van der Waals surface area contributed by atoms with Gasteiger partial charge in [0, 0.05) is 21.7 Å². The normalized spacial score (nSPS) is 6.00. The van der Waals surface area contributed by atoms with Crippen LogP contribution in [0.2, 0.25) is 0 Å². The molecule has 7 heteroatoms. The Morgan fingerprint density at radius 1 is 0.818 bits per heavy atom. The van der Waals surface area contributed by atoms with Gasteiger partial charge in [0.15, 0.2) is 0 Å². The van der Waals surface area contributed by atoms with Crippen LogP contribution in [0, 0.1) is 0 Å². The van der Waals surface area contributed by atoms with E-state index in [1.54, 1.807) is 0 Å². The summed E-state index contributed by atoms with van der Waals surface area (Å²) in [6, 6.07) is 0. The van der Waals surface area contributed by atoms with Gasteiger partial charge in [-0.05, 0) is 0 Å². The van der Waals surface area contributed by atoms with E-state index >= 15 is 0 Å². The number of aliphatic hydroxyl groups excluding tert-OH is 2. The second-order valence-corrected chi connectivity index (χ2v) is 1.06. The van der Waals surface area contributed by atoms with Crippen LogP contribution in [-0.4, -0.2) is 53.1 Å². The van der Waals surface area contributed by atoms with Crippen molar-refractivity contribution in [3.63, 3.8) is 0 Å². The fourth-order valence-electron chi connectivity index (χ4n) is 0.231. The quantitative estimate of drug-likeness (QED) is 0.420. The molecule has 0 atom stereocenters. The van der Waals surface area contributed by atoms with E-state index < -0.39 is 0 Å². The van der Waals surface area contributed by atoms with Gasteiger partial charge in [0.05, 0.1) is 26.4 Å². The Kier molecular flexibility index (Phi) is 85.7. The zero-order chi connectivity index (χ0) is 5.54. The first kappa shape index (κ1) is 30.0. The molecule has 6 nitrogen and oxygen atoms in total. The van der Waals surface area contributed by atoms with Crippen molar-refractivity contribution in [2.24, 2.45) is 0 Å². The summed E-state index contributed by atoms with van der Waals surface area (Å²) in [6.07, 6.45) is 0. The number of aliphatic hydroxyl groups is 2. The van der Waals surface area contributed by atoms with Crippen molar-refractivity contribution in [2.45, 2.75) is 0 Å². The van der Waals surface area contributed by atoms with Crippen LogP contribution in [0.4, 0.5) is 0 Å². The Labute approximate surface area is 80.0 Å². The Hall–Kier alpha value is 0.474. The number of hydrogen-bond donors (Lipinski definition) is 2. The third-order valence-corrected chi connectivity index (χ3v) is 0.471. The largest absolute Gasteiger partial charge is 0.870 e. The molecule has 0 saturated heterocycles. The summed E-state index contributed by atoms with van der Waals surface area (Å²) in [4.78, 5) is 0. The van der Waals surface area contributed by atoms with Gasteiger partial charge in [0.1, 0.15) is 0 Å². The van der Waals surface area contributed by atoms with E-state index in [4.69, 9.17) is 10.2 Å². The SMILES string of the molecule is OCCOCCO.[OH-].[OH-].[OH-].[Ti]. The van der Waals surface area contributed by atoms with Crippen LogP contribution in [-0.2, 0) is 26.5 Å². The van der Waals surface area contributed by atoms with Gasteiger partial charge in [-0.2, -0.15) is 0 Å². The summed E-state index contributed by atoms with van der Waals surface area (Å²) in [5.41, 5.74) is 0. The van der Waals surface area contributed by atoms with Crippen molar-refractivity contribution in [3.8, 4) is 0 Å². The molecule has 0 aliphatic rings. The molecule has 11 heavy (non-hydrogen) atoms. The summed E-state index contributed by atoms with van der Waals surface area (Å²) < 4.78 is 4.63. The maximum Gasteiger partial charge on any atom is 0.0698 e. The van der Waals surface area contributed by atoms with Crippen LogP contribution >= 0.6 is 0 Å². The van der Waals surface area contributed by atoms with E-state index in [1.807, 2.05) is 0 Å². The third-order valence-electron chi connectivity index (χ3n) is 0.471. The van der Waals surface area contributed by atoms with E-state index in [0.717, 1.165) is 0 Å². The molecule has 0 radical (unpaired) electrons. The van der Waals surface area contributed by atoms with Gasteiger partial charge >= 0.3 is 0 Å². The fraction of sp³-hybridized carbons (Fsp3) is 1.00. The van der Waals surface area contributed by atoms with Crippen molar-refractivity contribution < 1.29 is 53.1 Å². The zero-order valence-corrected chi connectivity index (χ0v) is 7.53. The molecule has 0 bridgehead atoms. The standard InChI is InChI=1S/C4H10O3.3H2O.Ti/c5-1-3-7-4-2-6;;;;/h5-6H,1-4H2;3*1H2;/p-3. The monoisotopic (exact) mass is 205 g/mol. The minimum Gasteiger partial charge on any atom is -0.870 e. The third kappa shape index (κ3) is 37.6. The summed E-state index contributed by atoms with van der Waals surface area (Å²) in [6.45, 7) is 0.696. The first-order valence-electron chi connectivity index (χ1n) is 2.21. The maximum absolute atomic E-state index is 8.09. The molecular weight excluding hydrogens is 192 g/mol. The van der Waals surface area contributed by atoms with Gasteiger partial charge in [-0.25, -0.2) is 0 Å². The van der Waals surface area contributed by atoms with E-state index in [1.165, 1.54) is 0 Å². The maximum atomic E-state index is 8.09. The molecule has 0 heterocycles. The number of ether oxygens (including phenoxy) is 1. The molecule has 0 aromatic heterocycles. The second-order valence-electron chi connectivity index (χ2n) is 1.06. The smallest absolute Gasteiger partial charge is 0.0698 e. The van der Waals surface area contributed by atoms with Gasteiger partial charge in [0.2, 0.25) is 0 Å². The zero-order valence-electron chi connectivity index (χ0n) is 5.97. The van der Waals surface area contributed by atoms with Crippen LogP contribution in [0.5, 0.6) is 0 Å². The van der Waals surface area contributed by atoms with Crippen molar-refractivity contribution in [1.29, 1.82) is 0 Å². The molecule has 0 aliphatic carbocycles. The minimum atomic E-state index is 0. The van der Waals surface area contributed by atoms with Gasteiger partial charge in [-0.3, -0.25) is 0 Å². The molecule has 5 N–H and O–H groups in total. The summed E-state index contributed by atoms with van der Waals surface area (Å²) in [5.74, 6) is 0. The predicted molar refractivity (Wildman–Crippen MR) is 30.8 cm³/mol. The van der Waals surface area contributed by atoms with Crippen LogP contribution in [0.25, 0.3) is 0 Å². The van der Waals surface area contributed by atoms with Crippen LogP contribution in [0.15, 0.2) is 0 Å². The Morgan fingerprint density at radius 3 is 1.27 bits per heavy atom. The molecule has 0 rings (SSSR count). The minimum absolute atomic E-state index is 0. The molecule has 0 amide bonds. The van der Waals surface area contributed by atoms with E-state index in [-0.39, 0.29) is 51.4 Å². The van der Waals surface area contributed by atoms with E-state index in [0.29, 0.717) is 13.2 Å². The number of hydrogen-bond acceptors (Lipinski definition) is 6.